The Labute approximate surface area is 323 Å². The van der Waals surface area contributed by atoms with Crippen LogP contribution in [0.2, 0.25) is 0 Å². The molecule has 0 saturated carbocycles. The summed E-state index contributed by atoms with van der Waals surface area (Å²) in [6, 6.07) is 19.1. The summed E-state index contributed by atoms with van der Waals surface area (Å²) in [6.07, 6.45) is 1.14. The zero-order valence-corrected chi connectivity index (χ0v) is 32.4. The van der Waals surface area contributed by atoms with Gasteiger partial charge in [0.2, 0.25) is 0 Å². The zero-order chi connectivity index (χ0) is 39.4. The van der Waals surface area contributed by atoms with Gasteiger partial charge in [0.1, 0.15) is 17.9 Å². The lowest BCUT2D eigenvalue weighted by Gasteiger charge is -2.34. The summed E-state index contributed by atoms with van der Waals surface area (Å²) >= 11 is 0. The van der Waals surface area contributed by atoms with E-state index in [2.05, 4.69) is 28.0 Å². The van der Waals surface area contributed by atoms with Crippen LogP contribution in [-0.2, 0) is 36.7 Å². The number of nitrogens with one attached hydrogen (secondary N) is 3. The molecule has 14 heteroatoms. The van der Waals surface area contributed by atoms with E-state index in [-0.39, 0.29) is 32.0 Å². The molecule has 1 aromatic heterocycles. The molecule has 55 heavy (non-hydrogen) atoms. The third-order valence-corrected chi connectivity index (χ3v) is 9.70. The maximum atomic E-state index is 13.9. The van der Waals surface area contributed by atoms with Gasteiger partial charge in [0, 0.05) is 24.8 Å². The fraction of sp³-hybridized carbons (Fsp3) is 0.512. The average molecular weight is 762 g/mol. The Balaban J connectivity index is 1.37. The van der Waals surface area contributed by atoms with E-state index in [0.29, 0.717) is 13.2 Å². The van der Waals surface area contributed by atoms with Gasteiger partial charge in [0.25, 0.3) is 5.91 Å². The monoisotopic (exact) mass is 761 g/mol. The second kappa shape index (κ2) is 19.7. The molecule has 1 unspecified atom stereocenters. The van der Waals surface area contributed by atoms with Gasteiger partial charge in [-0.05, 0) is 60.1 Å². The lowest BCUT2D eigenvalue weighted by molar-refractivity contribution is -0.131. The number of aromatic nitrogens is 1. The molecule has 0 radical (unpaired) electrons. The standard InChI is InChI=1S/C41H55N5O9/c1-6-7-21-52-30-17-13-27(14-18-30)23-33(43-40(50)55-35-26-54-38-31(35)19-22-53-38)34(47)25-46(45-37(48)36(41(2,3)4)44-39(49)51-5)24-28-11-15-29(16-12-28)32-10-8-9-20-42-32/h8-18,20,31,33-36,38,47H,6-7,19,21-26H2,1-5H3,(H,43,50)(H,44,49)(H,45,48)/t31-,33-,34-,35-,36?,38+/m0/s1. The van der Waals surface area contributed by atoms with E-state index >= 15 is 0 Å². The van der Waals surface area contributed by atoms with Crippen molar-refractivity contribution in [2.75, 3.05) is 33.5 Å². The summed E-state index contributed by atoms with van der Waals surface area (Å²) in [7, 11) is 1.23. The number of aliphatic hydroxyl groups excluding tert-OH is 1. The fourth-order valence-corrected chi connectivity index (χ4v) is 6.57. The van der Waals surface area contributed by atoms with Crippen LogP contribution in [0, 0.1) is 11.3 Å². The van der Waals surface area contributed by atoms with Crippen LogP contribution in [0.3, 0.4) is 0 Å². The van der Waals surface area contributed by atoms with E-state index in [0.717, 1.165) is 47.4 Å². The highest BCUT2D eigenvalue weighted by atomic mass is 16.7. The molecule has 2 saturated heterocycles. The molecule has 4 N–H and O–H groups in total. The van der Waals surface area contributed by atoms with Crippen molar-refractivity contribution in [2.45, 2.75) is 90.5 Å². The molecular weight excluding hydrogens is 706 g/mol. The van der Waals surface area contributed by atoms with Gasteiger partial charge in [-0.2, -0.15) is 0 Å². The molecule has 0 spiro atoms. The van der Waals surface area contributed by atoms with Crippen LogP contribution in [0.15, 0.2) is 72.9 Å². The number of rotatable bonds is 17. The number of aliphatic hydroxyl groups is 1. The number of methoxy groups -OCH3 is 1. The minimum absolute atomic E-state index is 0.0569. The number of hydrogen-bond donors (Lipinski definition) is 4. The minimum atomic E-state index is -1.20. The van der Waals surface area contributed by atoms with Gasteiger partial charge in [-0.25, -0.2) is 14.6 Å². The predicted octanol–water partition coefficient (Wildman–Crippen LogP) is 4.99. The highest BCUT2D eigenvalue weighted by molar-refractivity contribution is 5.86. The quantitative estimate of drug-likeness (QED) is 0.108. The van der Waals surface area contributed by atoms with E-state index in [1.165, 1.54) is 7.11 Å². The van der Waals surface area contributed by atoms with Gasteiger partial charge in [-0.3, -0.25) is 15.2 Å². The Kier molecular flexibility index (Phi) is 14.8. The van der Waals surface area contributed by atoms with Gasteiger partial charge in [-0.1, -0.05) is 76.6 Å². The molecule has 3 aromatic rings. The number of alkyl carbamates (subject to hydrolysis) is 2. The van der Waals surface area contributed by atoms with Crippen LogP contribution in [0.4, 0.5) is 9.59 Å². The molecule has 14 nitrogen and oxygen atoms in total. The number of carbonyl (C=O) groups is 3. The minimum Gasteiger partial charge on any atom is -0.494 e. The SMILES string of the molecule is CCCCOc1ccc(C[C@H](NC(=O)O[C@H]2CO[C@H]3OCC[C@H]32)[C@@H](O)CN(Cc2ccc(-c3ccccn3)cc2)NC(=O)C(NC(=O)OC)C(C)(C)C)cc1. The Morgan fingerprint density at radius 3 is 2.40 bits per heavy atom. The van der Waals surface area contributed by atoms with Gasteiger partial charge in [0.05, 0.1) is 50.7 Å². The van der Waals surface area contributed by atoms with Crippen molar-refractivity contribution in [3.63, 3.8) is 0 Å². The van der Waals surface area contributed by atoms with Gasteiger partial charge < -0.3 is 39.4 Å². The van der Waals surface area contributed by atoms with E-state index in [4.69, 9.17) is 23.7 Å². The predicted molar refractivity (Wildman–Crippen MR) is 205 cm³/mol. The summed E-state index contributed by atoms with van der Waals surface area (Å²) in [5.41, 5.74) is 5.65. The van der Waals surface area contributed by atoms with Crippen LogP contribution < -0.4 is 20.8 Å². The maximum absolute atomic E-state index is 13.9. The third-order valence-electron chi connectivity index (χ3n) is 9.70. The van der Waals surface area contributed by atoms with Crippen LogP contribution in [0.25, 0.3) is 11.3 Å². The summed E-state index contributed by atoms with van der Waals surface area (Å²) in [4.78, 5) is 44.0. The van der Waals surface area contributed by atoms with Crippen LogP contribution in [-0.4, -0.2) is 97.2 Å². The number of fused-ring (bicyclic) bond motifs is 1. The molecule has 298 valence electrons. The van der Waals surface area contributed by atoms with E-state index < -0.39 is 54.1 Å². The molecule has 0 bridgehead atoms. The van der Waals surface area contributed by atoms with E-state index in [1.54, 1.807) is 11.2 Å². The number of carbonyl (C=O) groups excluding carboxylic acids is 3. The number of amides is 3. The van der Waals surface area contributed by atoms with Gasteiger partial charge in [-0.15, -0.1) is 0 Å². The molecular formula is C41H55N5O9. The fourth-order valence-electron chi connectivity index (χ4n) is 6.57. The van der Waals surface area contributed by atoms with Crippen LogP contribution in [0.1, 0.15) is 58.1 Å². The molecule has 2 fully saturated rings. The van der Waals surface area contributed by atoms with Crippen LogP contribution in [0.5, 0.6) is 5.75 Å². The average Bonchev–Trinajstić information content (AvgIpc) is 3.79. The normalized spacial score (nSPS) is 19.5. The van der Waals surface area contributed by atoms with Crippen LogP contribution >= 0.6 is 0 Å². The van der Waals surface area contributed by atoms with Gasteiger partial charge in [0.15, 0.2) is 6.29 Å². The van der Waals surface area contributed by atoms with Crippen molar-refractivity contribution < 1.29 is 43.2 Å². The lowest BCUT2D eigenvalue weighted by Crippen LogP contribution is -2.59. The maximum Gasteiger partial charge on any atom is 0.407 e. The third kappa shape index (κ3) is 12.1. The number of pyridine rings is 1. The summed E-state index contributed by atoms with van der Waals surface area (Å²) < 4.78 is 27.7. The van der Waals surface area contributed by atoms with E-state index in [1.807, 2.05) is 87.5 Å². The highest BCUT2D eigenvalue weighted by Gasteiger charge is 2.44. The molecule has 2 aromatic carbocycles. The molecule has 3 amide bonds. The first-order valence-electron chi connectivity index (χ1n) is 18.9. The van der Waals surface area contributed by atoms with Crippen molar-refractivity contribution in [1.82, 2.24) is 26.1 Å². The van der Waals surface area contributed by atoms with Crippen molar-refractivity contribution in [1.29, 1.82) is 0 Å². The van der Waals surface area contributed by atoms with Crippen molar-refractivity contribution in [3.05, 3.63) is 84.1 Å². The molecule has 2 aliphatic heterocycles. The van der Waals surface area contributed by atoms with Gasteiger partial charge >= 0.3 is 12.2 Å². The Bertz CT molecular complexity index is 1670. The first kappa shape index (κ1) is 41.4. The molecule has 3 heterocycles. The summed E-state index contributed by atoms with van der Waals surface area (Å²) in [6.45, 7) is 9.03. The number of ether oxygens (including phenoxy) is 5. The number of hydrazine groups is 1. The summed E-state index contributed by atoms with van der Waals surface area (Å²) in [5.74, 6) is 0.166. The molecule has 6 atom stereocenters. The molecule has 5 rings (SSSR count). The van der Waals surface area contributed by atoms with Crippen molar-refractivity contribution in [3.8, 4) is 17.0 Å². The Morgan fingerprint density at radius 1 is 0.982 bits per heavy atom. The second-order valence-electron chi connectivity index (χ2n) is 15.0. The largest absolute Gasteiger partial charge is 0.494 e. The molecule has 2 aliphatic rings. The smallest absolute Gasteiger partial charge is 0.407 e. The Hall–Kier alpha value is -4.76. The topological polar surface area (TPSA) is 170 Å². The Morgan fingerprint density at radius 2 is 1.73 bits per heavy atom. The van der Waals surface area contributed by atoms with E-state index in [9.17, 15) is 19.5 Å². The number of benzene rings is 2. The second-order valence-corrected chi connectivity index (χ2v) is 15.0. The first-order chi connectivity index (χ1) is 26.4. The van der Waals surface area contributed by atoms with Crippen molar-refractivity contribution in [2.24, 2.45) is 11.3 Å². The first-order valence-corrected chi connectivity index (χ1v) is 18.9. The van der Waals surface area contributed by atoms with Crippen molar-refractivity contribution >= 4 is 18.1 Å². The zero-order valence-electron chi connectivity index (χ0n) is 32.4. The summed E-state index contributed by atoms with van der Waals surface area (Å²) in [5, 5.41) is 19.0. The number of hydrogen-bond acceptors (Lipinski definition) is 11. The lowest BCUT2D eigenvalue weighted by atomic mass is 9.86. The number of unbranched alkanes of at least 4 members (excludes halogenated alkanes) is 1. The number of nitrogens with zero attached hydrogens (tertiary/aromatic N) is 2. The highest BCUT2D eigenvalue weighted by Crippen LogP contribution is 2.33. The molecule has 0 aliphatic carbocycles.